The highest BCUT2D eigenvalue weighted by atomic mass is 19.4. The van der Waals surface area contributed by atoms with Gasteiger partial charge < -0.3 is 19.2 Å². The van der Waals surface area contributed by atoms with E-state index >= 15 is 0 Å². The fraction of sp³-hybridized carbons (Fsp3) is 0.526. The average molecular weight is 481 g/mol. The van der Waals surface area contributed by atoms with Crippen molar-refractivity contribution in [3.63, 3.8) is 0 Å². The lowest BCUT2D eigenvalue weighted by atomic mass is 9.39. The van der Waals surface area contributed by atoms with Gasteiger partial charge in [-0.15, -0.1) is 18.3 Å². The van der Waals surface area contributed by atoms with Gasteiger partial charge in [0.1, 0.15) is 12.4 Å². The third-order valence-electron chi connectivity index (χ3n) is 5.42. The molecule has 0 aliphatic heterocycles. The minimum Gasteiger partial charge on any atom is -0.484 e. The van der Waals surface area contributed by atoms with Crippen molar-refractivity contribution < 1.29 is 49.8 Å². The predicted octanol–water partition coefficient (Wildman–Crippen LogP) is 3.37. The molecule has 2 aromatic rings. The molecule has 3 saturated carbocycles. The normalized spacial score (nSPS) is 23.9. The number of hydrogen-bond donors (Lipinski definition) is 1. The van der Waals surface area contributed by atoms with E-state index in [4.69, 9.17) is 13.9 Å². The number of nitrogens with zero attached hydrogens (tertiary/aromatic N) is 2. The lowest BCUT2D eigenvalue weighted by Gasteiger charge is -2.68. The van der Waals surface area contributed by atoms with Crippen molar-refractivity contribution in [1.82, 2.24) is 15.5 Å². The summed E-state index contributed by atoms with van der Waals surface area (Å²) >= 11 is 0. The summed E-state index contributed by atoms with van der Waals surface area (Å²) in [6, 6.07) is 4.00. The van der Waals surface area contributed by atoms with E-state index in [1.165, 1.54) is 0 Å². The van der Waals surface area contributed by atoms with Gasteiger partial charge in [0, 0.05) is 5.54 Å². The Labute approximate surface area is 182 Å². The number of ether oxygens (including phenoxy) is 3. The first kappa shape index (κ1) is 23.1. The minimum atomic E-state index is -4.75. The zero-order valence-corrected chi connectivity index (χ0v) is 16.8. The molecule has 1 N–H and O–H groups in total. The molecular weight excluding hydrogens is 464 g/mol. The van der Waals surface area contributed by atoms with Crippen LogP contribution in [-0.2, 0) is 21.1 Å². The molecule has 1 amide bonds. The number of halogens is 6. The lowest BCUT2D eigenvalue weighted by molar-refractivity contribution is -0.325. The maximum Gasteiger partial charge on any atom is 0.522 e. The number of alkyl halides is 6. The molecule has 2 bridgehead atoms. The summed E-state index contributed by atoms with van der Waals surface area (Å²) < 4.78 is 92.5. The summed E-state index contributed by atoms with van der Waals surface area (Å²) in [6.07, 6.45) is -7.93. The minimum absolute atomic E-state index is 0.131. The van der Waals surface area contributed by atoms with E-state index in [-0.39, 0.29) is 24.3 Å². The number of aromatic nitrogens is 2. The van der Waals surface area contributed by atoms with Gasteiger partial charge in [-0.25, -0.2) is 0 Å². The Balaban J connectivity index is 1.19. The van der Waals surface area contributed by atoms with Crippen LogP contribution in [0, 0.1) is 0 Å². The molecule has 0 saturated heterocycles. The van der Waals surface area contributed by atoms with Gasteiger partial charge in [0.15, 0.2) is 6.61 Å². The number of carbonyl (C=O) groups excluding carboxylic acids is 1. The van der Waals surface area contributed by atoms with Crippen molar-refractivity contribution in [2.24, 2.45) is 0 Å². The maximum atomic E-state index is 12.6. The monoisotopic (exact) mass is 481 g/mol. The van der Waals surface area contributed by atoms with Gasteiger partial charge in [-0.1, -0.05) is 5.10 Å². The van der Waals surface area contributed by atoms with Crippen LogP contribution in [0.1, 0.15) is 30.7 Å². The predicted molar refractivity (Wildman–Crippen MR) is 95.1 cm³/mol. The Hall–Kier alpha value is -3.03. The zero-order valence-electron chi connectivity index (χ0n) is 16.8. The highest BCUT2D eigenvalue weighted by molar-refractivity contribution is 5.79. The van der Waals surface area contributed by atoms with Crippen LogP contribution in [0.15, 0.2) is 28.7 Å². The molecule has 1 aromatic carbocycles. The van der Waals surface area contributed by atoms with Gasteiger partial charge in [0.25, 0.3) is 5.91 Å². The van der Waals surface area contributed by atoms with E-state index in [1.54, 1.807) is 0 Å². The van der Waals surface area contributed by atoms with Crippen LogP contribution in [-0.4, -0.2) is 47.8 Å². The van der Waals surface area contributed by atoms with Crippen LogP contribution in [0.25, 0.3) is 0 Å². The van der Waals surface area contributed by atoms with E-state index in [2.05, 4.69) is 20.3 Å². The first-order valence-electron chi connectivity index (χ1n) is 9.67. The molecular formula is C19H17F6N3O5. The summed E-state index contributed by atoms with van der Waals surface area (Å²) in [6.45, 7) is -1.51. The van der Waals surface area contributed by atoms with Gasteiger partial charge in [0.05, 0.1) is 17.6 Å². The standard InChI is InChI=1S/C19H17F6N3O5/c20-18(21,22)11-1-3-12(4-2-11)31-7-13(29)26-17-8-16(9-17,10-17)14-27-28-15(33-14)30-5-6-32-19(23,24)25/h1-4H,5-10H2,(H,26,29). The first-order valence-corrected chi connectivity index (χ1v) is 9.67. The van der Waals surface area contributed by atoms with Crippen molar-refractivity contribution in [2.75, 3.05) is 19.8 Å². The second-order valence-electron chi connectivity index (χ2n) is 7.97. The van der Waals surface area contributed by atoms with E-state index in [9.17, 15) is 31.1 Å². The number of carbonyl (C=O) groups is 1. The highest BCUT2D eigenvalue weighted by Gasteiger charge is 2.71. The molecule has 0 radical (unpaired) electrons. The smallest absolute Gasteiger partial charge is 0.484 e. The van der Waals surface area contributed by atoms with Crippen molar-refractivity contribution in [1.29, 1.82) is 0 Å². The van der Waals surface area contributed by atoms with Gasteiger partial charge in [-0.3, -0.25) is 9.53 Å². The second-order valence-corrected chi connectivity index (χ2v) is 7.97. The molecule has 0 spiro atoms. The summed E-state index contributed by atoms with van der Waals surface area (Å²) in [4.78, 5) is 12.2. The van der Waals surface area contributed by atoms with E-state index in [0.29, 0.717) is 19.3 Å². The second kappa shape index (κ2) is 8.08. The Kier molecular flexibility index (Phi) is 5.66. The summed E-state index contributed by atoms with van der Waals surface area (Å²) in [5, 5.41) is 10.3. The number of amides is 1. The zero-order chi connectivity index (χ0) is 23.9. The van der Waals surface area contributed by atoms with Crippen LogP contribution in [0.3, 0.4) is 0 Å². The van der Waals surface area contributed by atoms with Crippen LogP contribution < -0.4 is 14.8 Å². The first-order chi connectivity index (χ1) is 15.4. The summed E-state index contributed by atoms with van der Waals surface area (Å²) in [7, 11) is 0. The largest absolute Gasteiger partial charge is 0.522 e. The molecule has 3 aliphatic carbocycles. The van der Waals surface area contributed by atoms with Gasteiger partial charge in [-0.05, 0) is 43.5 Å². The van der Waals surface area contributed by atoms with Crippen LogP contribution in [0.5, 0.6) is 11.8 Å². The number of nitrogens with one attached hydrogen (secondary N) is 1. The fourth-order valence-corrected chi connectivity index (χ4v) is 4.14. The van der Waals surface area contributed by atoms with Gasteiger partial charge in [-0.2, -0.15) is 13.2 Å². The summed E-state index contributed by atoms with van der Waals surface area (Å²) in [5.74, 6) is -0.0278. The quantitative estimate of drug-likeness (QED) is 0.434. The Morgan fingerprint density at radius 1 is 1.00 bits per heavy atom. The van der Waals surface area contributed by atoms with Crippen molar-refractivity contribution >= 4 is 5.91 Å². The number of hydrogen-bond acceptors (Lipinski definition) is 7. The van der Waals surface area contributed by atoms with Crippen LogP contribution >= 0.6 is 0 Å². The van der Waals surface area contributed by atoms with Crippen LogP contribution in [0.2, 0.25) is 0 Å². The van der Waals surface area contributed by atoms with Crippen molar-refractivity contribution in [2.45, 2.75) is 42.8 Å². The molecule has 0 atom stereocenters. The molecule has 8 nitrogen and oxygen atoms in total. The van der Waals surface area contributed by atoms with Crippen molar-refractivity contribution in [3.8, 4) is 11.8 Å². The molecule has 180 valence electrons. The number of rotatable bonds is 9. The molecule has 33 heavy (non-hydrogen) atoms. The SMILES string of the molecule is O=C(COc1ccc(C(F)(F)F)cc1)NC12CC(c3nnc(OCCOC(F)(F)F)o3)(C1)C2. The third kappa shape index (κ3) is 5.15. The van der Waals surface area contributed by atoms with Crippen LogP contribution in [0.4, 0.5) is 26.3 Å². The Bertz CT molecular complexity index is 985. The van der Waals surface area contributed by atoms with E-state index in [0.717, 1.165) is 24.3 Å². The van der Waals surface area contributed by atoms with E-state index < -0.39 is 48.2 Å². The Morgan fingerprint density at radius 2 is 1.67 bits per heavy atom. The highest BCUT2D eigenvalue weighted by Crippen LogP contribution is 2.67. The molecule has 3 fully saturated rings. The molecule has 14 heteroatoms. The molecule has 3 aliphatic rings. The van der Waals surface area contributed by atoms with Gasteiger partial charge >= 0.3 is 18.6 Å². The summed E-state index contributed by atoms with van der Waals surface area (Å²) in [5.41, 5.74) is -1.71. The topological polar surface area (TPSA) is 95.7 Å². The van der Waals surface area contributed by atoms with Crippen molar-refractivity contribution in [3.05, 3.63) is 35.7 Å². The average Bonchev–Trinajstić information content (AvgIpc) is 3.13. The molecule has 0 unspecified atom stereocenters. The van der Waals surface area contributed by atoms with E-state index in [1.807, 2.05) is 0 Å². The maximum absolute atomic E-state index is 12.6. The van der Waals surface area contributed by atoms with Gasteiger partial charge in [0.2, 0.25) is 5.89 Å². The third-order valence-corrected chi connectivity index (χ3v) is 5.42. The molecule has 1 heterocycles. The Morgan fingerprint density at radius 3 is 2.27 bits per heavy atom. The lowest BCUT2D eigenvalue weighted by Crippen LogP contribution is -2.77. The number of benzene rings is 1. The molecule has 1 aromatic heterocycles. The molecule has 5 rings (SSSR count). The fourth-order valence-electron chi connectivity index (χ4n) is 4.14.